The lowest BCUT2D eigenvalue weighted by atomic mass is 9.98. The van der Waals surface area contributed by atoms with Gasteiger partial charge in [-0.2, -0.15) is 0 Å². The van der Waals surface area contributed by atoms with Crippen LogP contribution in [0.15, 0.2) is 23.2 Å². The predicted molar refractivity (Wildman–Crippen MR) is 73.0 cm³/mol. The first kappa shape index (κ1) is 14.9. The van der Waals surface area contributed by atoms with Gasteiger partial charge in [-0.05, 0) is 24.5 Å². The Hall–Kier alpha value is -1.14. The van der Waals surface area contributed by atoms with Crippen molar-refractivity contribution in [3.8, 4) is 0 Å². The number of anilines is 1. The summed E-state index contributed by atoms with van der Waals surface area (Å²) in [6.45, 7) is 8.83. The molecule has 0 aliphatic carbocycles. The molecule has 0 aromatic carbocycles. The van der Waals surface area contributed by atoms with E-state index in [4.69, 9.17) is 0 Å². The third-order valence-corrected chi connectivity index (χ3v) is 3.63. The van der Waals surface area contributed by atoms with Crippen LogP contribution in [0.3, 0.4) is 0 Å². The minimum Gasteiger partial charge on any atom is -0.369 e. The zero-order valence-electron chi connectivity index (χ0n) is 11.3. The maximum Gasteiger partial charge on any atom is 0.244 e. The predicted octanol–water partition coefficient (Wildman–Crippen LogP) is 1.84. The van der Waals surface area contributed by atoms with Crippen LogP contribution in [-0.4, -0.2) is 26.5 Å². The molecule has 0 saturated heterocycles. The van der Waals surface area contributed by atoms with E-state index in [1.165, 1.54) is 0 Å². The molecule has 102 valence electrons. The molecule has 0 unspecified atom stereocenters. The van der Waals surface area contributed by atoms with E-state index in [1.807, 2.05) is 27.7 Å². The Morgan fingerprint density at radius 1 is 1.33 bits per heavy atom. The van der Waals surface area contributed by atoms with E-state index < -0.39 is 10.0 Å². The van der Waals surface area contributed by atoms with Crippen LogP contribution in [-0.2, 0) is 10.0 Å². The second kappa shape index (κ2) is 5.67. The highest BCUT2D eigenvalue weighted by atomic mass is 32.2. The summed E-state index contributed by atoms with van der Waals surface area (Å²) >= 11 is 0. The average molecular weight is 271 g/mol. The number of sulfonamides is 1. The van der Waals surface area contributed by atoms with Gasteiger partial charge in [0.1, 0.15) is 10.7 Å². The molecular formula is C12H21N3O2S. The first-order valence-electron chi connectivity index (χ1n) is 5.95. The van der Waals surface area contributed by atoms with Crippen LogP contribution in [0.25, 0.3) is 0 Å². The topological polar surface area (TPSA) is 71.1 Å². The number of nitrogens with one attached hydrogen (secondary N) is 2. The van der Waals surface area contributed by atoms with Gasteiger partial charge in [0.05, 0.1) is 0 Å². The normalized spacial score (nSPS) is 12.4. The van der Waals surface area contributed by atoms with Crippen LogP contribution in [0.1, 0.15) is 27.7 Å². The van der Waals surface area contributed by atoms with Gasteiger partial charge in [-0.15, -0.1) is 0 Å². The smallest absolute Gasteiger partial charge is 0.244 e. The van der Waals surface area contributed by atoms with Crippen molar-refractivity contribution in [3.05, 3.63) is 18.3 Å². The van der Waals surface area contributed by atoms with Crippen molar-refractivity contribution < 1.29 is 8.42 Å². The largest absolute Gasteiger partial charge is 0.369 e. The Kier molecular flexibility index (Phi) is 4.70. The molecule has 0 bridgehead atoms. The molecule has 1 aromatic rings. The highest BCUT2D eigenvalue weighted by Crippen LogP contribution is 2.19. The molecule has 0 atom stereocenters. The molecule has 6 heteroatoms. The number of hydrogen-bond acceptors (Lipinski definition) is 4. The van der Waals surface area contributed by atoms with Gasteiger partial charge in [0.25, 0.3) is 0 Å². The fourth-order valence-corrected chi connectivity index (χ4v) is 2.71. The standard InChI is InChI=1S/C12H21N3O2S/c1-5-13-11-10(7-6-8-14-11)18(16,17)15-9-12(2,3)4/h6-8,15H,5,9H2,1-4H3,(H,13,14). The van der Waals surface area contributed by atoms with Crippen molar-refractivity contribution in [1.82, 2.24) is 9.71 Å². The van der Waals surface area contributed by atoms with E-state index >= 15 is 0 Å². The zero-order chi connectivity index (χ0) is 13.8. The fourth-order valence-electron chi connectivity index (χ4n) is 1.30. The third-order valence-electron chi connectivity index (χ3n) is 2.20. The van der Waals surface area contributed by atoms with Gasteiger partial charge in [-0.3, -0.25) is 0 Å². The van der Waals surface area contributed by atoms with Crippen molar-refractivity contribution in [2.45, 2.75) is 32.6 Å². The molecule has 0 amide bonds. The van der Waals surface area contributed by atoms with Crippen molar-refractivity contribution in [2.24, 2.45) is 5.41 Å². The van der Waals surface area contributed by atoms with Gasteiger partial charge in [0.15, 0.2) is 0 Å². The number of pyridine rings is 1. The summed E-state index contributed by atoms with van der Waals surface area (Å²) in [6.07, 6.45) is 1.57. The van der Waals surface area contributed by atoms with Crippen molar-refractivity contribution >= 4 is 15.8 Å². The second-order valence-corrected chi connectivity index (χ2v) is 7.00. The maximum absolute atomic E-state index is 12.2. The Morgan fingerprint density at radius 3 is 2.56 bits per heavy atom. The highest BCUT2D eigenvalue weighted by Gasteiger charge is 2.21. The number of aromatic nitrogens is 1. The van der Waals surface area contributed by atoms with E-state index in [1.54, 1.807) is 18.3 Å². The van der Waals surface area contributed by atoms with E-state index in [0.29, 0.717) is 18.9 Å². The van der Waals surface area contributed by atoms with Gasteiger partial charge in [0.2, 0.25) is 10.0 Å². The third kappa shape index (κ3) is 4.27. The molecule has 0 aliphatic rings. The molecule has 0 spiro atoms. The fraction of sp³-hybridized carbons (Fsp3) is 0.583. The molecule has 1 rings (SSSR count). The van der Waals surface area contributed by atoms with Gasteiger partial charge >= 0.3 is 0 Å². The van der Waals surface area contributed by atoms with Crippen LogP contribution >= 0.6 is 0 Å². The molecule has 0 radical (unpaired) electrons. The second-order valence-electron chi connectivity index (χ2n) is 5.27. The average Bonchev–Trinajstić information content (AvgIpc) is 2.27. The lowest BCUT2D eigenvalue weighted by molar-refractivity contribution is 0.407. The number of hydrogen-bond donors (Lipinski definition) is 2. The summed E-state index contributed by atoms with van der Waals surface area (Å²) in [5.41, 5.74) is -0.104. The Bertz CT molecular complexity index is 492. The minimum absolute atomic E-state index is 0.104. The summed E-state index contributed by atoms with van der Waals surface area (Å²) in [5, 5.41) is 2.95. The molecule has 2 N–H and O–H groups in total. The van der Waals surface area contributed by atoms with Gasteiger partial charge in [0, 0.05) is 19.3 Å². The van der Waals surface area contributed by atoms with E-state index in [-0.39, 0.29) is 10.3 Å². The maximum atomic E-state index is 12.2. The SMILES string of the molecule is CCNc1ncccc1S(=O)(=O)NCC(C)(C)C. The molecule has 0 aliphatic heterocycles. The van der Waals surface area contributed by atoms with E-state index in [0.717, 1.165) is 0 Å². The molecule has 18 heavy (non-hydrogen) atoms. The lowest BCUT2D eigenvalue weighted by Gasteiger charge is -2.19. The van der Waals surface area contributed by atoms with Gasteiger partial charge < -0.3 is 5.32 Å². The van der Waals surface area contributed by atoms with Crippen LogP contribution in [0, 0.1) is 5.41 Å². The van der Waals surface area contributed by atoms with Crippen molar-refractivity contribution in [3.63, 3.8) is 0 Å². The van der Waals surface area contributed by atoms with Crippen LogP contribution in [0.4, 0.5) is 5.82 Å². The van der Waals surface area contributed by atoms with Gasteiger partial charge in [-0.1, -0.05) is 20.8 Å². The van der Waals surface area contributed by atoms with Gasteiger partial charge in [-0.25, -0.2) is 18.1 Å². The van der Waals surface area contributed by atoms with Crippen LogP contribution in [0.2, 0.25) is 0 Å². The molecular weight excluding hydrogens is 250 g/mol. The number of nitrogens with zero attached hydrogens (tertiary/aromatic N) is 1. The summed E-state index contributed by atoms with van der Waals surface area (Å²) in [4.78, 5) is 4.24. The highest BCUT2D eigenvalue weighted by molar-refractivity contribution is 7.89. The van der Waals surface area contributed by atoms with Crippen molar-refractivity contribution in [1.29, 1.82) is 0 Å². The molecule has 1 aromatic heterocycles. The van der Waals surface area contributed by atoms with Crippen LogP contribution < -0.4 is 10.0 Å². The molecule has 0 fully saturated rings. The summed E-state index contributed by atoms with van der Waals surface area (Å²) in [5.74, 6) is 0.390. The number of rotatable bonds is 5. The molecule has 0 saturated carbocycles. The quantitative estimate of drug-likeness (QED) is 0.857. The van der Waals surface area contributed by atoms with E-state index in [2.05, 4.69) is 15.0 Å². The zero-order valence-corrected chi connectivity index (χ0v) is 12.1. The molecule has 5 nitrogen and oxygen atoms in total. The first-order valence-corrected chi connectivity index (χ1v) is 7.43. The minimum atomic E-state index is -3.52. The monoisotopic (exact) mass is 271 g/mol. The molecule has 1 heterocycles. The summed E-state index contributed by atoms with van der Waals surface area (Å²) in [6, 6.07) is 3.17. The summed E-state index contributed by atoms with van der Waals surface area (Å²) in [7, 11) is -3.52. The first-order chi connectivity index (χ1) is 8.26. The Labute approximate surface area is 109 Å². The Balaban J connectivity index is 2.98. The van der Waals surface area contributed by atoms with Crippen molar-refractivity contribution in [2.75, 3.05) is 18.4 Å². The van der Waals surface area contributed by atoms with Crippen LogP contribution in [0.5, 0.6) is 0 Å². The van der Waals surface area contributed by atoms with E-state index in [9.17, 15) is 8.42 Å². The Morgan fingerprint density at radius 2 is 2.00 bits per heavy atom. The summed E-state index contributed by atoms with van der Waals surface area (Å²) < 4.78 is 27.0. The lowest BCUT2D eigenvalue weighted by Crippen LogP contribution is -2.32.